The maximum absolute atomic E-state index is 11.4. The van der Waals surface area contributed by atoms with E-state index in [1.807, 2.05) is 13.0 Å². The summed E-state index contributed by atoms with van der Waals surface area (Å²) in [5.74, 6) is -0.343. The van der Waals surface area contributed by atoms with E-state index in [2.05, 4.69) is 0 Å². The van der Waals surface area contributed by atoms with E-state index in [0.717, 1.165) is 5.56 Å². The number of benzene rings is 1. The van der Waals surface area contributed by atoms with Crippen LogP contribution in [-0.4, -0.2) is 12.6 Å². The molecule has 0 heterocycles. The number of halogens is 1. The van der Waals surface area contributed by atoms with Crippen molar-refractivity contribution in [3.05, 3.63) is 33.8 Å². The third-order valence-corrected chi connectivity index (χ3v) is 2.55. The number of carbonyl (C=O) groups excluding carboxylic acids is 1. The summed E-state index contributed by atoms with van der Waals surface area (Å²) in [5.41, 5.74) is 1.87. The molecular weight excluding hydrogens is 226 g/mol. The molecule has 3 nitrogen and oxygen atoms in total. The number of ether oxygens (including phenoxy) is 1. The molecule has 0 aliphatic carbocycles. The molecule has 0 radical (unpaired) electrons. The van der Waals surface area contributed by atoms with Crippen molar-refractivity contribution < 1.29 is 9.53 Å². The van der Waals surface area contributed by atoms with Crippen molar-refractivity contribution in [1.29, 1.82) is 5.26 Å². The van der Waals surface area contributed by atoms with Crippen LogP contribution in [0, 0.1) is 18.3 Å². The van der Waals surface area contributed by atoms with Crippen LogP contribution < -0.4 is 0 Å². The van der Waals surface area contributed by atoms with Crippen LogP contribution in [0.15, 0.2) is 12.1 Å². The molecule has 1 rings (SSSR count). The lowest BCUT2D eigenvalue weighted by Gasteiger charge is -2.08. The molecule has 0 aliphatic rings. The first kappa shape index (κ1) is 12.5. The lowest BCUT2D eigenvalue weighted by Crippen LogP contribution is -2.10. The summed E-state index contributed by atoms with van der Waals surface area (Å²) in [6.07, 6.45) is 0.0864. The van der Waals surface area contributed by atoms with Gasteiger partial charge in [-0.3, -0.25) is 4.79 Å². The third-order valence-electron chi connectivity index (χ3n) is 2.23. The molecular formula is C12H12ClNO2. The zero-order valence-corrected chi connectivity index (χ0v) is 9.97. The Morgan fingerprint density at radius 1 is 1.56 bits per heavy atom. The average Bonchev–Trinajstić information content (AvgIpc) is 2.24. The van der Waals surface area contributed by atoms with E-state index in [0.29, 0.717) is 22.8 Å². The molecule has 0 N–H and O–H groups in total. The van der Waals surface area contributed by atoms with Gasteiger partial charge in [-0.1, -0.05) is 17.7 Å². The fourth-order valence-electron chi connectivity index (χ4n) is 1.43. The van der Waals surface area contributed by atoms with E-state index in [1.54, 1.807) is 19.1 Å². The quantitative estimate of drug-likeness (QED) is 0.760. The smallest absolute Gasteiger partial charge is 0.310 e. The average molecular weight is 238 g/mol. The van der Waals surface area contributed by atoms with Gasteiger partial charge in [0.25, 0.3) is 0 Å². The van der Waals surface area contributed by atoms with Crippen LogP contribution in [0.1, 0.15) is 23.6 Å². The second kappa shape index (κ2) is 5.53. The molecule has 0 aromatic heterocycles. The van der Waals surface area contributed by atoms with Gasteiger partial charge in [-0.05, 0) is 31.0 Å². The van der Waals surface area contributed by atoms with E-state index in [9.17, 15) is 4.79 Å². The Kier molecular flexibility index (Phi) is 4.33. The van der Waals surface area contributed by atoms with Gasteiger partial charge < -0.3 is 4.74 Å². The Morgan fingerprint density at radius 3 is 2.81 bits per heavy atom. The maximum atomic E-state index is 11.4. The standard InChI is InChI=1S/C12H12ClNO2/c1-3-16-12(15)6-9-8(2)4-5-11(13)10(9)7-14/h4-5H,3,6H2,1-2H3. The minimum atomic E-state index is -0.343. The number of carbonyl (C=O) groups is 1. The molecule has 0 amide bonds. The topological polar surface area (TPSA) is 50.1 Å². The first-order valence-corrected chi connectivity index (χ1v) is 5.31. The van der Waals surface area contributed by atoms with E-state index in [1.165, 1.54) is 0 Å². The van der Waals surface area contributed by atoms with Gasteiger partial charge in [-0.25, -0.2) is 0 Å². The molecule has 1 aromatic rings. The first-order chi connectivity index (χ1) is 7.60. The summed E-state index contributed by atoms with van der Waals surface area (Å²) >= 11 is 5.89. The van der Waals surface area contributed by atoms with Gasteiger partial charge in [0.15, 0.2) is 0 Å². The lowest BCUT2D eigenvalue weighted by atomic mass is 10.00. The molecule has 0 spiro atoms. The Balaban J connectivity index is 3.08. The summed E-state index contributed by atoms with van der Waals surface area (Å²) < 4.78 is 4.85. The molecule has 1 aromatic carbocycles. The van der Waals surface area contributed by atoms with Crippen LogP contribution in [0.2, 0.25) is 5.02 Å². The Morgan fingerprint density at radius 2 is 2.25 bits per heavy atom. The highest BCUT2D eigenvalue weighted by molar-refractivity contribution is 6.31. The van der Waals surface area contributed by atoms with Crippen molar-refractivity contribution in [2.45, 2.75) is 20.3 Å². The van der Waals surface area contributed by atoms with Crippen LogP contribution in [0.3, 0.4) is 0 Å². The highest BCUT2D eigenvalue weighted by Gasteiger charge is 2.14. The van der Waals surface area contributed by atoms with Crippen molar-refractivity contribution in [3.63, 3.8) is 0 Å². The van der Waals surface area contributed by atoms with E-state index < -0.39 is 0 Å². The monoisotopic (exact) mass is 237 g/mol. The Hall–Kier alpha value is -1.53. The van der Waals surface area contributed by atoms with E-state index in [-0.39, 0.29) is 12.4 Å². The van der Waals surface area contributed by atoms with Gasteiger partial charge >= 0.3 is 5.97 Å². The van der Waals surface area contributed by atoms with Crippen molar-refractivity contribution in [2.24, 2.45) is 0 Å². The van der Waals surface area contributed by atoms with Crippen molar-refractivity contribution >= 4 is 17.6 Å². The van der Waals surface area contributed by atoms with Crippen LogP contribution in [0.5, 0.6) is 0 Å². The first-order valence-electron chi connectivity index (χ1n) is 4.93. The number of rotatable bonds is 3. The SMILES string of the molecule is CCOC(=O)Cc1c(C)ccc(Cl)c1C#N. The molecule has 16 heavy (non-hydrogen) atoms. The summed E-state index contributed by atoms with van der Waals surface area (Å²) in [5, 5.41) is 9.35. The predicted octanol–water partition coefficient (Wildman–Crippen LogP) is 2.63. The van der Waals surface area contributed by atoms with Crippen LogP contribution in [0.25, 0.3) is 0 Å². The summed E-state index contributed by atoms with van der Waals surface area (Å²) in [4.78, 5) is 11.4. The van der Waals surface area contributed by atoms with Crippen LogP contribution in [0.4, 0.5) is 0 Å². The molecule has 0 unspecified atom stereocenters. The largest absolute Gasteiger partial charge is 0.466 e. The molecule has 4 heteroatoms. The minimum Gasteiger partial charge on any atom is -0.466 e. The number of esters is 1. The number of nitriles is 1. The molecule has 0 saturated heterocycles. The van der Waals surface area contributed by atoms with Gasteiger partial charge in [0.2, 0.25) is 0 Å². The third kappa shape index (κ3) is 2.74. The van der Waals surface area contributed by atoms with E-state index >= 15 is 0 Å². The number of aryl methyl sites for hydroxylation is 1. The Labute approximate surface area is 99.6 Å². The fraction of sp³-hybridized carbons (Fsp3) is 0.333. The van der Waals surface area contributed by atoms with E-state index in [4.69, 9.17) is 21.6 Å². The normalized spacial score (nSPS) is 9.62. The summed E-state index contributed by atoms with van der Waals surface area (Å²) in [6, 6.07) is 5.46. The van der Waals surface area contributed by atoms with Gasteiger partial charge in [-0.15, -0.1) is 0 Å². The molecule has 0 saturated carbocycles. The molecule has 0 atom stereocenters. The summed E-state index contributed by atoms with van der Waals surface area (Å²) in [6.45, 7) is 3.92. The number of nitrogens with zero attached hydrogens (tertiary/aromatic N) is 1. The van der Waals surface area contributed by atoms with Gasteiger partial charge in [0.05, 0.1) is 23.6 Å². The Bertz CT molecular complexity index is 449. The van der Waals surface area contributed by atoms with Crippen LogP contribution in [-0.2, 0) is 16.0 Å². The predicted molar refractivity (Wildman–Crippen MR) is 61.2 cm³/mol. The number of hydrogen-bond acceptors (Lipinski definition) is 3. The van der Waals surface area contributed by atoms with Crippen LogP contribution >= 0.6 is 11.6 Å². The molecule has 0 fully saturated rings. The lowest BCUT2D eigenvalue weighted by molar-refractivity contribution is -0.142. The number of hydrogen-bond donors (Lipinski definition) is 0. The van der Waals surface area contributed by atoms with Crippen molar-refractivity contribution in [3.8, 4) is 6.07 Å². The second-order valence-electron chi connectivity index (χ2n) is 3.31. The summed E-state index contributed by atoms with van der Waals surface area (Å²) in [7, 11) is 0. The highest BCUT2D eigenvalue weighted by atomic mass is 35.5. The zero-order chi connectivity index (χ0) is 12.1. The van der Waals surface area contributed by atoms with Gasteiger partial charge in [0.1, 0.15) is 6.07 Å². The van der Waals surface area contributed by atoms with Crippen molar-refractivity contribution in [2.75, 3.05) is 6.61 Å². The molecule has 84 valence electrons. The zero-order valence-electron chi connectivity index (χ0n) is 9.21. The highest BCUT2D eigenvalue weighted by Crippen LogP contribution is 2.23. The fourth-order valence-corrected chi connectivity index (χ4v) is 1.65. The maximum Gasteiger partial charge on any atom is 0.310 e. The minimum absolute atomic E-state index is 0.0864. The van der Waals surface area contributed by atoms with Crippen molar-refractivity contribution in [1.82, 2.24) is 0 Å². The molecule has 0 bridgehead atoms. The van der Waals surface area contributed by atoms with Gasteiger partial charge in [-0.2, -0.15) is 5.26 Å². The molecule has 0 aliphatic heterocycles. The second-order valence-corrected chi connectivity index (χ2v) is 3.72. The van der Waals surface area contributed by atoms with Gasteiger partial charge in [0, 0.05) is 0 Å².